The van der Waals surface area contributed by atoms with E-state index in [0.29, 0.717) is 28.1 Å². The van der Waals surface area contributed by atoms with Gasteiger partial charge in [-0.3, -0.25) is 4.79 Å². The second-order valence-electron chi connectivity index (χ2n) is 4.66. The van der Waals surface area contributed by atoms with E-state index in [0.717, 1.165) is 5.69 Å². The van der Waals surface area contributed by atoms with Gasteiger partial charge in [-0.1, -0.05) is 6.58 Å². The highest BCUT2D eigenvalue weighted by Crippen LogP contribution is 2.37. The lowest BCUT2D eigenvalue weighted by Gasteiger charge is -2.04. The SMILES string of the molecule is C=C=Cc1c(F)ccc2c1/C(=C/c1nc[nH]c1C)C(=O)N2. The first-order valence-corrected chi connectivity index (χ1v) is 6.33. The minimum Gasteiger partial charge on any atom is -0.348 e. The van der Waals surface area contributed by atoms with Crippen LogP contribution in [0.5, 0.6) is 0 Å². The van der Waals surface area contributed by atoms with Crippen molar-refractivity contribution in [2.75, 3.05) is 5.32 Å². The van der Waals surface area contributed by atoms with Gasteiger partial charge in [0.05, 0.1) is 17.6 Å². The van der Waals surface area contributed by atoms with Gasteiger partial charge in [0.2, 0.25) is 0 Å². The first-order valence-electron chi connectivity index (χ1n) is 6.33. The summed E-state index contributed by atoms with van der Waals surface area (Å²) in [5, 5.41) is 2.73. The Hall–Kier alpha value is -2.91. The summed E-state index contributed by atoms with van der Waals surface area (Å²) in [4.78, 5) is 19.2. The third-order valence-electron chi connectivity index (χ3n) is 3.35. The van der Waals surface area contributed by atoms with Gasteiger partial charge >= 0.3 is 0 Å². The van der Waals surface area contributed by atoms with Crippen LogP contribution in [0.2, 0.25) is 0 Å². The minimum atomic E-state index is -0.425. The van der Waals surface area contributed by atoms with Gasteiger partial charge < -0.3 is 10.3 Å². The Kier molecular flexibility index (Phi) is 3.05. The van der Waals surface area contributed by atoms with Gasteiger partial charge in [0.25, 0.3) is 5.91 Å². The maximum atomic E-state index is 14.0. The molecule has 104 valence electrons. The molecule has 1 aromatic heterocycles. The number of carbonyl (C=O) groups excluding carboxylic acids is 1. The molecule has 0 aliphatic carbocycles. The number of nitrogens with zero attached hydrogens (tertiary/aromatic N) is 1. The average Bonchev–Trinajstić information content (AvgIpc) is 2.99. The van der Waals surface area contributed by atoms with Crippen LogP contribution in [0.15, 0.2) is 30.8 Å². The Morgan fingerprint density at radius 2 is 2.24 bits per heavy atom. The van der Waals surface area contributed by atoms with Gasteiger partial charge in [-0.25, -0.2) is 9.37 Å². The van der Waals surface area contributed by atoms with E-state index in [9.17, 15) is 9.18 Å². The number of nitrogens with one attached hydrogen (secondary N) is 2. The quantitative estimate of drug-likeness (QED) is 0.656. The van der Waals surface area contributed by atoms with Gasteiger partial charge in [-0.05, 0) is 31.2 Å². The van der Waals surface area contributed by atoms with E-state index in [1.807, 2.05) is 6.92 Å². The Morgan fingerprint density at radius 1 is 1.43 bits per heavy atom. The molecular weight excluding hydrogens is 269 g/mol. The molecule has 0 bridgehead atoms. The Balaban J connectivity index is 2.26. The molecule has 0 spiro atoms. The van der Waals surface area contributed by atoms with E-state index in [4.69, 9.17) is 0 Å². The fourth-order valence-corrected chi connectivity index (χ4v) is 2.32. The van der Waals surface area contributed by atoms with E-state index in [1.165, 1.54) is 12.1 Å². The van der Waals surface area contributed by atoms with E-state index < -0.39 is 5.82 Å². The number of aryl methyl sites for hydroxylation is 1. The number of fused-ring (bicyclic) bond motifs is 1. The maximum absolute atomic E-state index is 14.0. The number of hydrogen-bond donors (Lipinski definition) is 2. The zero-order valence-electron chi connectivity index (χ0n) is 11.3. The molecule has 0 fully saturated rings. The fourth-order valence-electron chi connectivity index (χ4n) is 2.32. The predicted molar refractivity (Wildman–Crippen MR) is 79.8 cm³/mol. The van der Waals surface area contributed by atoms with Crippen molar-refractivity contribution >= 4 is 29.3 Å². The summed E-state index contributed by atoms with van der Waals surface area (Å²) in [5.74, 6) is -0.706. The largest absolute Gasteiger partial charge is 0.348 e. The summed E-state index contributed by atoms with van der Waals surface area (Å²) in [6.07, 6.45) is 4.62. The van der Waals surface area contributed by atoms with Crippen LogP contribution in [-0.4, -0.2) is 15.9 Å². The van der Waals surface area contributed by atoms with E-state index in [2.05, 4.69) is 27.6 Å². The van der Waals surface area contributed by atoms with E-state index in [1.54, 1.807) is 18.5 Å². The van der Waals surface area contributed by atoms with Crippen LogP contribution in [-0.2, 0) is 4.79 Å². The van der Waals surface area contributed by atoms with Crippen LogP contribution >= 0.6 is 0 Å². The molecule has 0 radical (unpaired) electrons. The van der Waals surface area contributed by atoms with Crippen molar-refractivity contribution in [2.24, 2.45) is 0 Å². The molecule has 2 heterocycles. The van der Waals surface area contributed by atoms with Crippen molar-refractivity contribution < 1.29 is 9.18 Å². The number of amides is 1. The first-order chi connectivity index (χ1) is 10.1. The number of anilines is 1. The topological polar surface area (TPSA) is 57.8 Å². The number of imidazole rings is 1. The summed E-state index contributed by atoms with van der Waals surface area (Å²) in [6.45, 7) is 5.32. The maximum Gasteiger partial charge on any atom is 0.256 e. The number of rotatable bonds is 2. The smallest absolute Gasteiger partial charge is 0.256 e. The second kappa shape index (κ2) is 4.89. The normalized spacial score (nSPS) is 14.8. The Bertz CT molecular complexity index is 826. The highest BCUT2D eigenvalue weighted by atomic mass is 19.1. The van der Waals surface area contributed by atoms with Gasteiger partial charge in [0.1, 0.15) is 5.82 Å². The van der Waals surface area contributed by atoms with Gasteiger partial charge in [-0.2, -0.15) is 0 Å². The number of H-pyrrole nitrogens is 1. The summed E-state index contributed by atoms with van der Waals surface area (Å²) < 4.78 is 14.0. The average molecular weight is 281 g/mol. The fraction of sp³-hybridized carbons (Fsp3) is 0.0625. The highest BCUT2D eigenvalue weighted by Gasteiger charge is 2.28. The van der Waals surface area contributed by atoms with Crippen LogP contribution in [0.4, 0.5) is 10.1 Å². The van der Waals surface area contributed by atoms with Crippen molar-refractivity contribution in [3.05, 3.63) is 59.1 Å². The summed E-state index contributed by atoms with van der Waals surface area (Å²) >= 11 is 0. The second-order valence-corrected chi connectivity index (χ2v) is 4.66. The first kappa shape index (κ1) is 13.1. The van der Waals surface area contributed by atoms with Gasteiger partial charge in [0.15, 0.2) is 0 Å². The van der Waals surface area contributed by atoms with Crippen molar-refractivity contribution in [1.82, 2.24) is 9.97 Å². The molecule has 2 aromatic rings. The molecule has 5 heteroatoms. The zero-order chi connectivity index (χ0) is 15.0. The predicted octanol–water partition coefficient (Wildman–Crippen LogP) is 3.15. The Labute approximate surface area is 120 Å². The van der Waals surface area contributed by atoms with Crippen LogP contribution in [0, 0.1) is 12.7 Å². The molecule has 0 unspecified atom stereocenters. The third-order valence-corrected chi connectivity index (χ3v) is 3.35. The highest BCUT2D eigenvalue weighted by molar-refractivity contribution is 6.35. The van der Waals surface area contributed by atoms with E-state index >= 15 is 0 Å². The molecule has 2 N–H and O–H groups in total. The number of aromatic amines is 1. The lowest BCUT2D eigenvalue weighted by Crippen LogP contribution is -2.03. The Morgan fingerprint density at radius 3 is 2.90 bits per heavy atom. The number of aromatic nitrogens is 2. The molecule has 4 nitrogen and oxygen atoms in total. The van der Waals surface area contributed by atoms with Crippen molar-refractivity contribution in [2.45, 2.75) is 6.92 Å². The number of benzene rings is 1. The molecule has 21 heavy (non-hydrogen) atoms. The molecule has 3 rings (SSSR count). The monoisotopic (exact) mass is 281 g/mol. The van der Waals surface area contributed by atoms with Gasteiger partial charge in [0, 0.05) is 22.5 Å². The van der Waals surface area contributed by atoms with Crippen molar-refractivity contribution in [3.63, 3.8) is 0 Å². The van der Waals surface area contributed by atoms with Crippen molar-refractivity contribution in [3.8, 4) is 0 Å². The summed E-state index contributed by atoms with van der Waals surface area (Å²) in [7, 11) is 0. The summed E-state index contributed by atoms with van der Waals surface area (Å²) in [5.41, 5.74) is 5.79. The number of carbonyl (C=O) groups is 1. The number of hydrogen-bond acceptors (Lipinski definition) is 2. The van der Waals surface area contributed by atoms with Crippen LogP contribution in [0.1, 0.15) is 22.5 Å². The zero-order valence-corrected chi connectivity index (χ0v) is 11.3. The van der Waals surface area contributed by atoms with Crippen LogP contribution in [0.3, 0.4) is 0 Å². The van der Waals surface area contributed by atoms with Crippen molar-refractivity contribution in [1.29, 1.82) is 0 Å². The standard InChI is InChI=1S/C16H12FN3O/c1-3-4-10-12(17)5-6-13-15(10)11(16(21)20-13)7-14-9(2)18-8-19-14/h4-8H,1H2,2H3,(H,18,19)(H,20,21)/b11-7-. The minimum absolute atomic E-state index is 0.281. The lowest BCUT2D eigenvalue weighted by molar-refractivity contribution is -0.110. The molecule has 0 atom stereocenters. The lowest BCUT2D eigenvalue weighted by atomic mass is 9.98. The molecule has 0 saturated heterocycles. The molecular formula is C16H12FN3O. The summed E-state index contributed by atoms with van der Waals surface area (Å²) in [6, 6.07) is 2.85. The van der Waals surface area contributed by atoms with Crippen LogP contribution < -0.4 is 5.32 Å². The van der Waals surface area contributed by atoms with Gasteiger partial charge in [-0.15, -0.1) is 5.73 Å². The molecule has 0 saturated carbocycles. The third kappa shape index (κ3) is 2.10. The number of halogens is 1. The molecule has 1 aliphatic rings. The van der Waals surface area contributed by atoms with E-state index in [-0.39, 0.29) is 5.91 Å². The molecule has 1 amide bonds. The molecule has 1 aromatic carbocycles. The molecule has 1 aliphatic heterocycles. The van der Waals surface area contributed by atoms with Crippen LogP contribution in [0.25, 0.3) is 17.7 Å².